The summed E-state index contributed by atoms with van der Waals surface area (Å²) in [5.74, 6) is -2.66. The third-order valence-electron chi connectivity index (χ3n) is 6.73. The molecular weight excluding hydrogens is 430 g/mol. The van der Waals surface area contributed by atoms with Crippen molar-refractivity contribution < 1.29 is 27.5 Å². The molecule has 0 spiro atoms. The van der Waals surface area contributed by atoms with E-state index in [-0.39, 0.29) is 31.1 Å². The van der Waals surface area contributed by atoms with Gasteiger partial charge in [-0.15, -0.1) is 0 Å². The zero-order chi connectivity index (χ0) is 23.5. The number of hydrogen-bond donors (Lipinski definition) is 1. The van der Waals surface area contributed by atoms with Gasteiger partial charge in [0.05, 0.1) is 16.6 Å². The summed E-state index contributed by atoms with van der Waals surface area (Å²) in [5.41, 5.74) is -3.97. The van der Waals surface area contributed by atoms with Gasteiger partial charge in [0.25, 0.3) is 0 Å². The highest BCUT2D eigenvalue weighted by molar-refractivity contribution is 5.95. The molecule has 1 aromatic carbocycles. The monoisotopic (exact) mass is 455 g/mol. The van der Waals surface area contributed by atoms with E-state index in [1.807, 2.05) is 25.9 Å². The number of aromatic carboxylic acids is 1. The van der Waals surface area contributed by atoms with Gasteiger partial charge in [0.15, 0.2) is 0 Å². The highest BCUT2D eigenvalue weighted by Gasteiger charge is 2.43. The SMILES string of the molecule is C[C@@H]([C@@H]1CCN(c2c(F)cc3c(=O)c(C(=O)O)cn(C4CC4)c3c2C(F)(F)F)C1)N(C)C. The summed E-state index contributed by atoms with van der Waals surface area (Å²) in [5, 5.41) is 8.81. The van der Waals surface area contributed by atoms with E-state index in [9.17, 15) is 27.9 Å². The first-order valence-electron chi connectivity index (χ1n) is 10.5. The molecule has 1 saturated carbocycles. The summed E-state index contributed by atoms with van der Waals surface area (Å²) in [7, 11) is 3.78. The van der Waals surface area contributed by atoms with Crippen LogP contribution in [0.5, 0.6) is 0 Å². The minimum absolute atomic E-state index is 0.0567. The molecule has 6 nitrogen and oxygen atoms in total. The van der Waals surface area contributed by atoms with Crippen LogP contribution in [0.3, 0.4) is 0 Å². The zero-order valence-corrected chi connectivity index (χ0v) is 18.0. The van der Waals surface area contributed by atoms with Crippen molar-refractivity contribution in [3.8, 4) is 0 Å². The van der Waals surface area contributed by atoms with Crippen LogP contribution in [-0.2, 0) is 6.18 Å². The number of aromatic nitrogens is 1. The van der Waals surface area contributed by atoms with Gasteiger partial charge in [-0.3, -0.25) is 4.79 Å². The Bertz CT molecular complexity index is 1140. The van der Waals surface area contributed by atoms with Crippen LogP contribution >= 0.6 is 0 Å². The van der Waals surface area contributed by atoms with Crippen molar-refractivity contribution in [3.63, 3.8) is 0 Å². The number of halogens is 4. The maximum absolute atomic E-state index is 15.3. The Morgan fingerprint density at radius 3 is 2.44 bits per heavy atom. The summed E-state index contributed by atoms with van der Waals surface area (Å²) in [6.07, 6.45) is -2.22. The van der Waals surface area contributed by atoms with E-state index in [0.717, 1.165) is 12.3 Å². The number of carboxylic acids is 1. The third-order valence-corrected chi connectivity index (χ3v) is 6.73. The Balaban J connectivity index is 1.98. The summed E-state index contributed by atoms with van der Waals surface area (Å²) >= 11 is 0. The Morgan fingerprint density at radius 2 is 1.91 bits per heavy atom. The summed E-state index contributed by atoms with van der Waals surface area (Å²) < 4.78 is 59.7. The molecule has 0 radical (unpaired) electrons. The predicted octanol–water partition coefficient (Wildman–Crippen LogP) is 3.97. The molecule has 2 fully saturated rings. The van der Waals surface area contributed by atoms with Crippen LogP contribution in [0.15, 0.2) is 17.1 Å². The lowest BCUT2D eigenvalue weighted by molar-refractivity contribution is -0.136. The fourth-order valence-electron chi connectivity index (χ4n) is 4.65. The average Bonchev–Trinajstić information content (AvgIpc) is 3.42. The van der Waals surface area contributed by atoms with Crippen molar-refractivity contribution in [3.05, 3.63) is 39.4 Å². The topological polar surface area (TPSA) is 65.8 Å². The molecule has 0 bridgehead atoms. The van der Waals surface area contributed by atoms with Crippen molar-refractivity contribution in [2.45, 2.75) is 44.4 Å². The molecule has 1 N–H and O–H groups in total. The summed E-state index contributed by atoms with van der Waals surface area (Å²) in [4.78, 5) is 27.6. The lowest BCUT2D eigenvalue weighted by Crippen LogP contribution is -2.35. The van der Waals surface area contributed by atoms with Gasteiger partial charge in [-0.25, -0.2) is 9.18 Å². The van der Waals surface area contributed by atoms with Crippen LogP contribution in [-0.4, -0.2) is 53.8 Å². The molecule has 1 aliphatic heterocycles. The van der Waals surface area contributed by atoms with Gasteiger partial charge >= 0.3 is 12.1 Å². The number of rotatable bonds is 5. The maximum atomic E-state index is 15.3. The van der Waals surface area contributed by atoms with Gasteiger partial charge in [0.2, 0.25) is 5.43 Å². The van der Waals surface area contributed by atoms with Gasteiger partial charge in [0, 0.05) is 31.4 Å². The van der Waals surface area contributed by atoms with E-state index >= 15 is 4.39 Å². The second-order valence-corrected chi connectivity index (χ2v) is 8.99. The number of fused-ring (bicyclic) bond motifs is 1. The Kier molecular flexibility index (Phi) is 5.47. The number of alkyl halides is 3. The zero-order valence-electron chi connectivity index (χ0n) is 18.0. The van der Waals surface area contributed by atoms with E-state index in [0.29, 0.717) is 19.3 Å². The van der Waals surface area contributed by atoms with Crippen LogP contribution in [0, 0.1) is 11.7 Å². The van der Waals surface area contributed by atoms with Crippen molar-refractivity contribution >= 4 is 22.6 Å². The third kappa shape index (κ3) is 3.74. The normalized spacial score (nSPS) is 20.4. The number of nitrogens with zero attached hydrogens (tertiary/aromatic N) is 3. The lowest BCUT2D eigenvalue weighted by atomic mass is 9.99. The van der Waals surface area contributed by atoms with Gasteiger partial charge < -0.3 is 19.5 Å². The van der Waals surface area contributed by atoms with Crippen molar-refractivity contribution in [1.82, 2.24) is 9.47 Å². The van der Waals surface area contributed by atoms with Gasteiger partial charge in [-0.2, -0.15) is 13.2 Å². The highest BCUT2D eigenvalue weighted by Crippen LogP contribution is 2.47. The van der Waals surface area contributed by atoms with Gasteiger partial charge in [0.1, 0.15) is 16.9 Å². The molecule has 1 aliphatic carbocycles. The molecule has 174 valence electrons. The molecule has 32 heavy (non-hydrogen) atoms. The number of carboxylic acid groups (broad SMARTS) is 1. The first-order chi connectivity index (χ1) is 14.9. The predicted molar refractivity (Wildman–Crippen MR) is 112 cm³/mol. The minimum Gasteiger partial charge on any atom is -0.477 e. The van der Waals surface area contributed by atoms with Crippen molar-refractivity contribution in [2.24, 2.45) is 5.92 Å². The summed E-state index contributed by atoms with van der Waals surface area (Å²) in [6.45, 7) is 2.49. The van der Waals surface area contributed by atoms with E-state index in [1.165, 1.54) is 9.47 Å². The molecular formula is C22H25F4N3O3. The van der Waals surface area contributed by atoms with Crippen LogP contribution in [0.25, 0.3) is 10.9 Å². The number of hydrogen-bond acceptors (Lipinski definition) is 4. The van der Waals surface area contributed by atoms with Gasteiger partial charge in [-0.1, -0.05) is 0 Å². The molecule has 0 unspecified atom stereocenters. The van der Waals surface area contributed by atoms with Crippen molar-refractivity contribution in [1.29, 1.82) is 0 Å². The fourth-order valence-corrected chi connectivity index (χ4v) is 4.65. The number of carbonyl (C=O) groups is 1. The van der Waals surface area contributed by atoms with Crippen molar-refractivity contribution in [2.75, 3.05) is 32.1 Å². The number of anilines is 1. The first kappa shape index (κ1) is 22.6. The van der Waals surface area contributed by atoms with Crippen LogP contribution < -0.4 is 10.3 Å². The van der Waals surface area contributed by atoms with Crippen LogP contribution in [0.2, 0.25) is 0 Å². The largest absolute Gasteiger partial charge is 0.477 e. The molecule has 1 aromatic heterocycles. The van der Waals surface area contributed by atoms with Gasteiger partial charge in [-0.05, 0) is 52.3 Å². The number of pyridine rings is 1. The van der Waals surface area contributed by atoms with Crippen LogP contribution in [0.1, 0.15) is 48.1 Å². The molecule has 0 amide bonds. The summed E-state index contributed by atoms with van der Waals surface area (Å²) in [6, 6.07) is 0.521. The smallest absolute Gasteiger partial charge is 0.420 e. The lowest BCUT2D eigenvalue weighted by Gasteiger charge is -2.29. The molecule has 2 heterocycles. The Labute approximate surface area is 182 Å². The molecule has 2 aliphatic rings. The van der Waals surface area contributed by atoms with Crippen LogP contribution in [0.4, 0.5) is 23.2 Å². The standard InChI is InChI=1S/C22H25F4N3O3/c1-11(27(2)3)12-6-7-28(9-12)19-16(23)8-14-18(17(19)22(24,25)26)29(13-4-5-13)10-15(20(14)30)21(31)32/h8,10-13H,4-7,9H2,1-3H3,(H,31,32)/t11-,12+/m0/s1. The second kappa shape index (κ2) is 7.75. The second-order valence-electron chi connectivity index (χ2n) is 8.99. The Hall–Kier alpha value is -2.62. The van der Waals surface area contributed by atoms with E-state index in [2.05, 4.69) is 0 Å². The van der Waals surface area contributed by atoms with E-state index in [4.69, 9.17) is 0 Å². The quantitative estimate of drug-likeness (QED) is 0.692. The van der Waals surface area contributed by atoms with E-state index in [1.54, 1.807) is 0 Å². The Morgan fingerprint density at radius 1 is 1.25 bits per heavy atom. The van der Waals surface area contributed by atoms with E-state index < -0.39 is 51.1 Å². The molecule has 10 heteroatoms. The number of benzene rings is 1. The average molecular weight is 455 g/mol. The molecule has 2 atom stereocenters. The molecule has 2 aromatic rings. The minimum atomic E-state index is -4.94. The molecule has 1 saturated heterocycles. The maximum Gasteiger partial charge on any atom is 0.420 e. The fraction of sp³-hybridized carbons (Fsp3) is 0.545. The molecule has 4 rings (SSSR count). The first-order valence-corrected chi connectivity index (χ1v) is 10.5. The highest BCUT2D eigenvalue weighted by atomic mass is 19.4.